The summed E-state index contributed by atoms with van der Waals surface area (Å²) in [5.74, 6) is -0.750. The highest BCUT2D eigenvalue weighted by Gasteiger charge is 2.20. The van der Waals surface area contributed by atoms with Crippen molar-refractivity contribution in [3.63, 3.8) is 0 Å². The summed E-state index contributed by atoms with van der Waals surface area (Å²) in [4.78, 5) is 29.4. The second-order valence-corrected chi connectivity index (χ2v) is 6.18. The lowest BCUT2D eigenvalue weighted by atomic mass is 10.1. The molecule has 0 aliphatic carbocycles. The number of rotatable bonds is 5. The summed E-state index contributed by atoms with van der Waals surface area (Å²) in [6.45, 7) is 2.02. The highest BCUT2D eigenvalue weighted by atomic mass is 32.1. The van der Waals surface area contributed by atoms with Gasteiger partial charge in [0.2, 0.25) is 0 Å². The molecule has 0 aliphatic rings. The predicted molar refractivity (Wildman–Crippen MR) is 97.9 cm³/mol. The SMILES string of the molecule is CCOC(=O)c1cc(-c2ccccc2)sc1NC(=O)c1ccncc1. The van der Waals surface area contributed by atoms with Gasteiger partial charge in [0, 0.05) is 22.8 Å². The number of aromatic nitrogens is 1. The summed E-state index contributed by atoms with van der Waals surface area (Å²) in [6, 6.07) is 14.7. The monoisotopic (exact) mass is 352 g/mol. The maximum atomic E-state index is 12.4. The number of nitrogens with zero attached hydrogens (tertiary/aromatic N) is 1. The van der Waals surface area contributed by atoms with E-state index in [1.807, 2.05) is 30.3 Å². The summed E-state index contributed by atoms with van der Waals surface area (Å²) in [6.07, 6.45) is 3.09. The first-order valence-corrected chi connectivity index (χ1v) is 8.58. The molecular formula is C19H16N2O3S. The lowest BCUT2D eigenvalue weighted by Gasteiger charge is -2.05. The van der Waals surface area contributed by atoms with Gasteiger partial charge in [-0.25, -0.2) is 4.79 Å². The van der Waals surface area contributed by atoms with Crippen LogP contribution in [0.25, 0.3) is 10.4 Å². The normalized spacial score (nSPS) is 10.3. The fraction of sp³-hybridized carbons (Fsp3) is 0.105. The minimum Gasteiger partial charge on any atom is -0.462 e. The van der Waals surface area contributed by atoms with Gasteiger partial charge in [0.1, 0.15) is 5.00 Å². The van der Waals surface area contributed by atoms with Crippen molar-refractivity contribution < 1.29 is 14.3 Å². The molecule has 3 aromatic rings. The van der Waals surface area contributed by atoms with Crippen LogP contribution in [0.2, 0.25) is 0 Å². The first kappa shape index (κ1) is 16.9. The highest BCUT2D eigenvalue weighted by Crippen LogP contribution is 2.36. The molecule has 126 valence electrons. The summed E-state index contributed by atoms with van der Waals surface area (Å²) in [7, 11) is 0. The van der Waals surface area contributed by atoms with Crippen molar-refractivity contribution in [3.8, 4) is 10.4 Å². The van der Waals surface area contributed by atoms with E-state index in [0.717, 1.165) is 10.4 Å². The molecule has 5 nitrogen and oxygen atoms in total. The third-order valence-electron chi connectivity index (χ3n) is 3.46. The van der Waals surface area contributed by atoms with Crippen molar-refractivity contribution in [1.29, 1.82) is 0 Å². The van der Waals surface area contributed by atoms with E-state index >= 15 is 0 Å². The van der Waals surface area contributed by atoms with E-state index in [9.17, 15) is 9.59 Å². The zero-order valence-electron chi connectivity index (χ0n) is 13.6. The highest BCUT2D eigenvalue weighted by molar-refractivity contribution is 7.20. The molecule has 0 radical (unpaired) electrons. The number of pyridine rings is 1. The minimum absolute atomic E-state index is 0.271. The molecule has 0 saturated carbocycles. The minimum atomic E-state index is -0.453. The van der Waals surface area contributed by atoms with Crippen molar-refractivity contribution >= 4 is 28.2 Å². The lowest BCUT2D eigenvalue weighted by molar-refractivity contribution is 0.0528. The quantitative estimate of drug-likeness (QED) is 0.698. The predicted octanol–water partition coefficient (Wildman–Crippen LogP) is 4.24. The van der Waals surface area contributed by atoms with Gasteiger partial charge in [-0.2, -0.15) is 0 Å². The Hall–Kier alpha value is -2.99. The van der Waals surface area contributed by atoms with Gasteiger partial charge in [-0.1, -0.05) is 30.3 Å². The van der Waals surface area contributed by atoms with Crippen LogP contribution in [0.3, 0.4) is 0 Å². The third kappa shape index (κ3) is 3.92. The van der Waals surface area contributed by atoms with Gasteiger partial charge in [-0.05, 0) is 30.7 Å². The number of amides is 1. The van der Waals surface area contributed by atoms with E-state index in [-0.39, 0.29) is 12.5 Å². The number of ether oxygens (including phenoxy) is 1. The van der Waals surface area contributed by atoms with Gasteiger partial charge in [0.05, 0.1) is 12.2 Å². The number of esters is 1. The van der Waals surface area contributed by atoms with Gasteiger partial charge in [-0.3, -0.25) is 9.78 Å². The van der Waals surface area contributed by atoms with Crippen LogP contribution in [-0.4, -0.2) is 23.5 Å². The Balaban J connectivity index is 1.94. The molecule has 0 bridgehead atoms. The Morgan fingerprint density at radius 2 is 1.84 bits per heavy atom. The molecule has 0 atom stereocenters. The van der Waals surface area contributed by atoms with Crippen molar-refractivity contribution in [2.45, 2.75) is 6.92 Å². The largest absolute Gasteiger partial charge is 0.462 e. The molecule has 6 heteroatoms. The summed E-state index contributed by atoms with van der Waals surface area (Å²) < 4.78 is 5.11. The van der Waals surface area contributed by atoms with Gasteiger partial charge in [-0.15, -0.1) is 11.3 Å². The molecule has 0 saturated heterocycles. The van der Waals surface area contributed by atoms with Crippen LogP contribution in [0, 0.1) is 0 Å². The van der Waals surface area contributed by atoms with Crippen LogP contribution in [-0.2, 0) is 4.74 Å². The fourth-order valence-electron chi connectivity index (χ4n) is 2.27. The number of hydrogen-bond donors (Lipinski definition) is 1. The molecule has 1 amide bonds. The Labute approximate surface area is 149 Å². The van der Waals surface area contributed by atoms with Gasteiger partial charge in [0.15, 0.2) is 0 Å². The van der Waals surface area contributed by atoms with E-state index in [0.29, 0.717) is 16.1 Å². The van der Waals surface area contributed by atoms with Gasteiger partial charge in [0.25, 0.3) is 5.91 Å². The maximum absolute atomic E-state index is 12.4. The topological polar surface area (TPSA) is 68.3 Å². The van der Waals surface area contributed by atoms with Crippen LogP contribution >= 0.6 is 11.3 Å². The van der Waals surface area contributed by atoms with E-state index in [2.05, 4.69) is 10.3 Å². The van der Waals surface area contributed by atoms with Gasteiger partial charge >= 0.3 is 5.97 Å². The summed E-state index contributed by atoms with van der Waals surface area (Å²) >= 11 is 1.34. The maximum Gasteiger partial charge on any atom is 0.341 e. The number of hydrogen-bond acceptors (Lipinski definition) is 5. The molecule has 1 N–H and O–H groups in total. The number of benzene rings is 1. The van der Waals surface area contributed by atoms with Crippen LogP contribution in [0.15, 0.2) is 60.9 Å². The number of anilines is 1. The molecule has 2 aromatic heterocycles. The standard InChI is InChI=1S/C19H16N2O3S/c1-2-24-19(23)15-12-16(13-6-4-3-5-7-13)25-18(15)21-17(22)14-8-10-20-11-9-14/h3-12H,2H2,1H3,(H,21,22). The van der Waals surface area contributed by atoms with Gasteiger partial charge < -0.3 is 10.1 Å². The second kappa shape index (κ2) is 7.72. The van der Waals surface area contributed by atoms with E-state index < -0.39 is 5.97 Å². The zero-order valence-corrected chi connectivity index (χ0v) is 14.4. The second-order valence-electron chi connectivity index (χ2n) is 5.13. The number of carbonyl (C=O) groups is 2. The number of carbonyl (C=O) groups excluding carboxylic acids is 2. The zero-order chi connectivity index (χ0) is 17.6. The molecule has 0 fully saturated rings. The van der Waals surface area contributed by atoms with Crippen LogP contribution in [0.1, 0.15) is 27.6 Å². The number of thiophene rings is 1. The fourth-order valence-corrected chi connectivity index (χ4v) is 3.31. The van der Waals surface area contributed by atoms with Crippen LogP contribution in [0.4, 0.5) is 5.00 Å². The first-order valence-electron chi connectivity index (χ1n) is 7.76. The summed E-state index contributed by atoms with van der Waals surface area (Å²) in [5.41, 5.74) is 1.80. The molecular weight excluding hydrogens is 336 g/mol. The average Bonchev–Trinajstić information content (AvgIpc) is 3.07. The molecule has 0 aliphatic heterocycles. The van der Waals surface area contributed by atoms with Crippen LogP contribution < -0.4 is 5.32 Å². The molecule has 25 heavy (non-hydrogen) atoms. The Kier molecular flexibility index (Phi) is 5.20. The summed E-state index contributed by atoms with van der Waals surface area (Å²) in [5, 5.41) is 3.28. The van der Waals surface area contributed by atoms with Crippen molar-refractivity contribution in [3.05, 3.63) is 72.1 Å². The Morgan fingerprint density at radius 3 is 2.52 bits per heavy atom. The van der Waals surface area contributed by atoms with E-state index in [1.54, 1.807) is 37.5 Å². The van der Waals surface area contributed by atoms with Crippen molar-refractivity contribution in [2.75, 3.05) is 11.9 Å². The first-order chi connectivity index (χ1) is 12.2. The Morgan fingerprint density at radius 1 is 1.12 bits per heavy atom. The third-order valence-corrected chi connectivity index (χ3v) is 4.55. The smallest absolute Gasteiger partial charge is 0.341 e. The lowest BCUT2D eigenvalue weighted by Crippen LogP contribution is -2.14. The molecule has 1 aromatic carbocycles. The van der Waals surface area contributed by atoms with Crippen molar-refractivity contribution in [1.82, 2.24) is 4.98 Å². The van der Waals surface area contributed by atoms with E-state index in [1.165, 1.54) is 11.3 Å². The molecule has 0 unspecified atom stereocenters. The van der Waals surface area contributed by atoms with Crippen LogP contribution in [0.5, 0.6) is 0 Å². The molecule has 2 heterocycles. The van der Waals surface area contributed by atoms with E-state index in [4.69, 9.17) is 4.74 Å². The number of nitrogens with one attached hydrogen (secondary N) is 1. The Bertz CT molecular complexity index is 876. The average molecular weight is 352 g/mol. The molecule has 0 spiro atoms. The van der Waals surface area contributed by atoms with Crippen molar-refractivity contribution in [2.24, 2.45) is 0 Å². The molecule has 3 rings (SSSR count).